The maximum atomic E-state index is 12.2. The molecule has 1 aliphatic rings. The van der Waals surface area contributed by atoms with Crippen LogP contribution in [0.15, 0.2) is 30.3 Å². The lowest BCUT2D eigenvalue weighted by Crippen LogP contribution is -2.26. The van der Waals surface area contributed by atoms with E-state index in [0.717, 1.165) is 21.9 Å². The molecule has 0 radical (unpaired) electrons. The van der Waals surface area contributed by atoms with E-state index in [1.54, 1.807) is 7.05 Å². The van der Waals surface area contributed by atoms with Gasteiger partial charge in [-0.3, -0.25) is 4.79 Å². The molecule has 0 fully saturated rings. The quantitative estimate of drug-likeness (QED) is 0.818. The highest BCUT2D eigenvalue weighted by molar-refractivity contribution is 7.17. The molecule has 2 aromatic rings. The molecule has 0 saturated heterocycles. The number of nitrogens with zero attached hydrogens (tertiary/aromatic N) is 1. The van der Waals surface area contributed by atoms with Crippen molar-refractivity contribution in [3.8, 4) is 34.3 Å². The number of fused-ring (bicyclic) bond motifs is 1. The Morgan fingerprint density at radius 1 is 1.27 bits per heavy atom. The molecule has 0 spiro atoms. The monoisotopic (exact) mass is 313 g/mol. The fourth-order valence-electron chi connectivity index (χ4n) is 2.20. The summed E-state index contributed by atoms with van der Waals surface area (Å²) in [6, 6.07) is 9.58. The first kappa shape index (κ1) is 14.5. The third-order valence-corrected chi connectivity index (χ3v) is 4.44. The van der Waals surface area contributed by atoms with Crippen LogP contribution in [0.2, 0.25) is 0 Å². The zero-order valence-corrected chi connectivity index (χ0v) is 13.0. The highest BCUT2D eigenvalue weighted by Gasteiger charge is 2.16. The molecule has 1 aromatic heterocycles. The Balaban J connectivity index is 1.85. The molecular formula is C17H15NO3S. The molecule has 1 aliphatic heterocycles. The van der Waals surface area contributed by atoms with Crippen LogP contribution in [0.25, 0.3) is 10.4 Å². The average Bonchev–Trinajstić information content (AvgIpc) is 3.04. The van der Waals surface area contributed by atoms with Crippen molar-refractivity contribution < 1.29 is 14.3 Å². The molecule has 22 heavy (non-hydrogen) atoms. The minimum atomic E-state index is -0.0632. The number of terminal acetylenes is 1. The Bertz CT molecular complexity index is 745. The van der Waals surface area contributed by atoms with Crippen molar-refractivity contribution in [2.75, 3.05) is 26.8 Å². The van der Waals surface area contributed by atoms with Crippen LogP contribution in [0.1, 0.15) is 9.67 Å². The minimum Gasteiger partial charge on any atom is -0.486 e. The number of hydrogen-bond acceptors (Lipinski definition) is 4. The van der Waals surface area contributed by atoms with Crippen molar-refractivity contribution in [1.29, 1.82) is 0 Å². The normalized spacial score (nSPS) is 12.5. The Hall–Kier alpha value is -2.45. The van der Waals surface area contributed by atoms with E-state index in [1.807, 2.05) is 30.3 Å². The van der Waals surface area contributed by atoms with Crippen molar-refractivity contribution in [3.63, 3.8) is 0 Å². The topological polar surface area (TPSA) is 38.8 Å². The number of hydrogen-bond donors (Lipinski definition) is 0. The van der Waals surface area contributed by atoms with Gasteiger partial charge in [-0.05, 0) is 35.9 Å². The second kappa shape index (κ2) is 6.12. The number of ether oxygens (including phenoxy) is 2. The Kier molecular flexibility index (Phi) is 4.03. The summed E-state index contributed by atoms with van der Waals surface area (Å²) in [5.41, 5.74) is 1.01. The molecule has 112 valence electrons. The molecule has 2 heterocycles. The molecule has 5 heteroatoms. The number of carbonyl (C=O) groups excluding carboxylic acids is 1. The van der Waals surface area contributed by atoms with Crippen LogP contribution in [-0.4, -0.2) is 37.6 Å². The van der Waals surface area contributed by atoms with Gasteiger partial charge in [0.2, 0.25) is 0 Å². The first-order chi connectivity index (χ1) is 10.7. The van der Waals surface area contributed by atoms with Gasteiger partial charge in [-0.25, -0.2) is 0 Å². The summed E-state index contributed by atoms with van der Waals surface area (Å²) in [5.74, 6) is 3.91. The van der Waals surface area contributed by atoms with Crippen molar-refractivity contribution in [1.82, 2.24) is 4.90 Å². The summed E-state index contributed by atoms with van der Waals surface area (Å²) in [6.45, 7) is 1.43. The molecular weight excluding hydrogens is 298 g/mol. The second-order valence-electron chi connectivity index (χ2n) is 4.89. The molecule has 4 nitrogen and oxygen atoms in total. The number of benzene rings is 1. The van der Waals surface area contributed by atoms with E-state index in [0.29, 0.717) is 24.6 Å². The first-order valence-electron chi connectivity index (χ1n) is 6.88. The zero-order chi connectivity index (χ0) is 15.5. The number of amides is 1. The lowest BCUT2D eigenvalue weighted by Gasteiger charge is -2.18. The number of carbonyl (C=O) groups is 1. The first-order valence-corrected chi connectivity index (χ1v) is 7.69. The van der Waals surface area contributed by atoms with Crippen LogP contribution in [0.5, 0.6) is 11.5 Å². The van der Waals surface area contributed by atoms with Crippen LogP contribution >= 0.6 is 11.3 Å². The maximum absolute atomic E-state index is 12.2. The van der Waals surface area contributed by atoms with Gasteiger partial charge in [0.25, 0.3) is 5.91 Å². The standard InChI is InChI=1S/C17H15NO3S/c1-3-8-18(2)17(19)16-7-6-15(22-16)12-4-5-13-14(11-12)21-10-9-20-13/h1,4-7,11H,8-10H2,2H3. The van der Waals surface area contributed by atoms with Gasteiger partial charge >= 0.3 is 0 Å². The van der Waals surface area contributed by atoms with Gasteiger partial charge in [0.15, 0.2) is 11.5 Å². The molecule has 0 bridgehead atoms. The largest absolute Gasteiger partial charge is 0.486 e. The average molecular weight is 313 g/mol. The van der Waals surface area contributed by atoms with E-state index in [4.69, 9.17) is 15.9 Å². The highest BCUT2D eigenvalue weighted by atomic mass is 32.1. The van der Waals surface area contributed by atoms with Gasteiger partial charge < -0.3 is 14.4 Å². The van der Waals surface area contributed by atoms with Gasteiger partial charge in [-0.1, -0.05) is 5.92 Å². The van der Waals surface area contributed by atoms with E-state index in [9.17, 15) is 4.79 Å². The summed E-state index contributed by atoms with van der Waals surface area (Å²) in [4.78, 5) is 15.4. The fourth-order valence-corrected chi connectivity index (χ4v) is 3.20. The number of rotatable bonds is 3. The molecule has 0 saturated carbocycles. The third kappa shape index (κ3) is 2.78. The lowest BCUT2D eigenvalue weighted by atomic mass is 10.1. The van der Waals surface area contributed by atoms with Crippen LogP contribution in [-0.2, 0) is 0 Å². The van der Waals surface area contributed by atoms with Crippen molar-refractivity contribution in [3.05, 3.63) is 35.2 Å². The maximum Gasteiger partial charge on any atom is 0.264 e. The molecule has 1 aromatic carbocycles. The smallest absolute Gasteiger partial charge is 0.264 e. The second-order valence-corrected chi connectivity index (χ2v) is 5.97. The molecule has 0 atom stereocenters. The molecule has 0 N–H and O–H groups in total. The van der Waals surface area contributed by atoms with E-state index in [-0.39, 0.29) is 5.91 Å². The van der Waals surface area contributed by atoms with E-state index in [1.165, 1.54) is 16.2 Å². The van der Waals surface area contributed by atoms with Gasteiger partial charge in [0.1, 0.15) is 13.2 Å². The summed E-state index contributed by atoms with van der Waals surface area (Å²) in [5, 5.41) is 0. The van der Waals surface area contributed by atoms with E-state index in [2.05, 4.69) is 5.92 Å². The van der Waals surface area contributed by atoms with Crippen LogP contribution in [0, 0.1) is 12.3 Å². The summed E-state index contributed by atoms with van der Waals surface area (Å²) in [7, 11) is 1.70. The molecule has 1 amide bonds. The fraction of sp³-hybridized carbons (Fsp3) is 0.235. The van der Waals surface area contributed by atoms with E-state index < -0.39 is 0 Å². The summed E-state index contributed by atoms with van der Waals surface area (Å²) >= 11 is 1.44. The Morgan fingerprint density at radius 2 is 2.05 bits per heavy atom. The predicted molar refractivity (Wildman–Crippen MR) is 86.5 cm³/mol. The Labute approximate surface area is 133 Å². The van der Waals surface area contributed by atoms with E-state index >= 15 is 0 Å². The van der Waals surface area contributed by atoms with Gasteiger partial charge in [0, 0.05) is 11.9 Å². The van der Waals surface area contributed by atoms with Crippen LogP contribution in [0.4, 0.5) is 0 Å². The lowest BCUT2D eigenvalue weighted by molar-refractivity contribution is 0.0817. The highest BCUT2D eigenvalue weighted by Crippen LogP contribution is 2.37. The minimum absolute atomic E-state index is 0.0632. The van der Waals surface area contributed by atoms with Crippen molar-refractivity contribution in [2.45, 2.75) is 0 Å². The summed E-state index contributed by atoms with van der Waals surface area (Å²) in [6.07, 6.45) is 5.24. The zero-order valence-electron chi connectivity index (χ0n) is 12.2. The van der Waals surface area contributed by atoms with Gasteiger partial charge in [-0.15, -0.1) is 17.8 Å². The molecule has 3 rings (SSSR count). The van der Waals surface area contributed by atoms with Crippen LogP contribution in [0.3, 0.4) is 0 Å². The van der Waals surface area contributed by atoms with Crippen LogP contribution < -0.4 is 9.47 Å². The van der Waals surface area contributed by atoms with Crippen molar-refractivity contribution >= 4 is 17.2 Å². The SMILES string of the molecule is C#CCN(C)C(=O)c1ccc(-c2ccc3c(c2)OCCO3)s1. The number of thiophene rings is 1. The Morgan fingerprint density at radius 3 is 2.82 bits per heavy atom. The van der Waals surface area contributed by atoms with Gasteiger partial charge in [0.05, 0.1) is 11.4 Å². The van der Waals surface area contributed by atoms with Crippen molar-refractivity contribution in [2.24, 2.45) is 0 Å². The summed E-state index contributed by atoms with van der Waals surface area (Å²) < 4.78 is 11.1. The molecule has 0 aliphatic carbocycles. The van der Waals surface area contributed by atoms with Gasteiger partial charge in [-0.2, -0.15) is 0 Å². The predicted octanol–water partition coefficient (Wildman–Crippen LogP) is 2.89. The molecule has 0 unspecified atom stereocenters. The third-order valence-electron chi connectivity index (χ3n) is 3.32.